The van der Waals surface area contributed by atoms with Crippen LogP contribution in [-0.4, -0.2) is 0 Å². The van der Waals surface area contributed by atoms with E-state index in [1.807, 2.05) is 0 Å². The Kier molecular flexibility index (Phi) is 5.31. The molecular weight excluding hydrogens is 408 g/mol. The number of terminal acetylenes is 1. The largest absolute Gasteiger partial charge is 0.120 e. The van der Waals surface area contributed by atoms with Gasteiger partial charge in [-0.2, -0.15) is 0 Å². The Labute approximate surface area is 211 Å². The van der Waals surface area contributed by atoms with Gasteiger partial charge in [-0.3, -0.25) is 0 Å². The Bertz CT molecular complexity index is 957. The van der Waals surface area contributed by atoms with Crippen molar-refractivity contribution in [3.63, 3.8) is 0 Å². The lowest BCUT2D eigenvalue weighted by Crippen LogP contribution is -2.64. The second-order valence-electron chi connectivity index (χ2n) is 15.8. The molecule has 188 valence electrons. The second kappa shape index (κ2) is 7.30. The zero-order valence-corrected chi connectivity index (χ0v) is 23.7. The maximum atomic E-state index is 5.86. The monoisotopic (exact) mass is 460 g/mol. The van der Waals surface area contributed by atoms with Crippen molar-refractivity contribution in [2.24, 2.45) is 56.2 Å². The van der Waals surface area contributed by atoms with Crippen molar-refractivity contribution in [3.05, 3.63) is 23.8 Å². The Morgan fingerprint density at radius 3 is 2.29 bits per heavy atom. The van der Waals surface area contributed by atoms with Crippen molar-refractivity contribution in [1.29, 1.82) is 0 Å². The smallest absolute Gasteiger partial charge is 0.0140 e. The van der Waals surface area contributed by atoms with Crippen LogP contribution >= 0.6 is 0 Å². The molecule has 9 atom stereocenters. The van der Waals surface area contributed by atoms with Gasteiger partial charge >= 0.3 is 0 Å². The number of hydrogen-bond donors (Lipinski definition) is 0. The Balaban J connectivity index is 1.61. The van der Waals surface area contributed by atoms with E-state index in [0.717, 1.165) is 18.3 Å². The van der Waals surface area contributed by atoms with E-state index in [2.05, 4.69) is 67.4 Å². The molecule has 5 aliphatic rings. The van der Waals surface area contributed by atoms with E-state index in [0.29, 0.717) is 44.3 Å². The van der Waals surface area contributed by atoms with Crippen molar-refractivity contribution >= 4 is 0 Å². The number of fused-ring (bicyclic) bond motifs is 7. The van der Waals surface area contributed by atoms with E-state index < -0.39 is 0 Å². The van der Waals surface area contributed by atoms with Crippen molar-refractivity contribution in [3.8, 4) is 12.3 Å². The Morgan fingerprint density at radius 2 is 1.62 bits per heavy atom. The summed E-state index contributed by atoms with van der Waals surface area (Å²) >= 11 is 0. The molecule has 0 aromatic carbocycles. The molecule has 0 N–H and O–H groups in total. The van der Waals surface area contributed by atoms with Gasteiger partial charge in [0.05, 0.1) is 0 Å². The molecule has 34 heavy (non-hydrogen) atoms. The van der Waals surface area contributed by atoms with Crippen LogP contribution in [0.15, 0.2) is 23.8 Å². The third-order valence-corrected chi connectivity index (χ3v) is 13.9. The molecule has 4 fully saturated rings. The highest BCUT2D eigenvalue weighted by molar-refractivity contribution is 5.43. The fourth-order valence-corrected chi connectivity index (χ4v) is 11.1. The molecule has 0 heteroatoms. The highest BCUT2D eigenvalue weighted by atomic mass is 14.7. The van der Waals surface area contributed by atoms with Gasteiger partial charge in [0, 0.05) is 6.42 Å². The first kappa shape index (κ1) is 24.7. The minimum absolute atomic E-state index is 0.290. The topological polar surface area (TPSA) is 0 Å². The zero-order valence-electron chi connectivity index (χ0n) is 23.7. The minimum atomic E-state index is 0.290. The standard InChI is InChI=1S/C34H52/c1-11-14-30(6)17-18-31(7)19-20-33(9)25(26(31)22-30)21-23(2)28-32(8)15-12-24(3)29(4,5)27(32)13-16-34(28,33)10/h1,21,24,26-28H,2,12-20,22H2,3-10H3. The van der Waals surface area contributed by atoms with E-state index in [1.54, 1.807) is 5.57 Å². The lowest BCUT2D eigenvalue weighted by molar-refractivity contribution is -0.176. The molecule has 5 rings (SSSR count). The molecule has 0 amide bonds. The van der Waals surface area contributed by atoms with Crippen LogP contribution in [0, 0.1) is 68.5 Å². The van der Waals surface area contributed by atoms with Crippen molar-refractivity contribution < 1.29 is 0 Å². The summed E-state index contributed by atoms with van der Waals surface area (Å²) in [5, 5.41) is 0. The van der Waals surface area contributed by atoms with E-state index in [-0.39, 0.29) is 0 Å². The maximum Gasteiger partial charge on any atom is 0.0140 e. The Morgan fingerprint density at radius 1 is 0.941 bits per heavy atom. The van der Waals surface area contributed by atoms with Crippen LogP contribution in [0.25, 0.3) is 0 Å². The van der Waals surface area contributed by atoms with Crippen LogP contribution in [0.5, 0.6) is 0 Å². The minimum Gasteiger partial charge on any atom is -0.120 e. The van der Waals surface area contributed by atoms with Gasteiger partial charge in [0.15, 0.2) is 0 Å². The fourth-order valence-electron chi connectivity index (χ4n) is 11.1. The summed E-state index contributed by atoms with van der Waals surface area (Å²) in [6.07, 6.45) is 21.6. The van der Waals surface area contributed by atoms with Gasteiger partial charge in [0.2, 0.25) is 0 Å². The van der Waals surface area contributed by atoms with E-state index >= 15 is 0 Å². The molecular formula is C34H52. The van der Waals surface area contributed by atoms with Crippen molar-refractivity contribution in [2.45, 2.75) is 120 Å². The first-order chi connectivity index (χ1) is 15.7. The second-order valence-corrected chi connectivity index (χ2v) is 15.8. The lowest BCUT2D eigenvalue weighted by Gasteiger charge is -2.72. The quantitative estimate of drug-likeness (QED) is 0.342. The fraction of sp³-hybridized carbons (Fsp3) is 0.824. The molecule has 9 unspecified atom stereocenters. The van der Waals surface area contributed by atoms with Gasteiger partial charge in [-0.25, -0.2) is 0 Å². The van der Waals surface area contributed by atoms with Gasteiger partial charge in [-0.15, -0.1) is 12.3 Å². The predicted molar refractivity (Wildman–Crippen MR) is 146 cm³/mol. The molecule has 4 saturated carbocycles. The number of hydrogen-bond acceptors (Lipinski definition) is 0. The summed E-state index contributed by atoms with van der Waals surface area (Å²) in [6, 6.07) is 0. The van der Waals surface area contributed by atoms with Crippen LogP contribution < -0.4 is 0 Å². The Hall–Kier alpha value is -0.960. The SMILES string of the molecule is C#CCC1(C)CCC2(C)CCC3(C)C(=CC(=C)C4C5(C)CCC(C)C(C)(C)C5CCC43C)C2C1. The molecule has 0 aliphatic heterocycles. The van der Waals surface area contributed by atoms with Gasteiger partial charge in [0.1, 0.15) is 0 Å². The molecule has 0 heterocycles. The third kappa shape index (κ3) is 2.97. The van der Waals surface area contributed by atoms with Gasteiger partial charge in [-0.05, 0) is 114 Å². The first-order valence-electron chi connectivity index (χ1n) is 14.5. The summed E-state index contributed by atoms with van der Waals surface area (Å²) in [6.45, 7) is 25.7. The highest BCUT2D eigenvalue weighted by Crippen LogP contribution is 2.76. The molecule has 0 radical (unpaired) electrons. The molecule has 0 aromatic rings. The number of rotatable bonds is 1. The van der Waals surface area contributed by atoms with Crippen LogP contribution in [-0.2, 0) is 0 Å². The van der Waals surface area contributed by atoms with Crippen molar-refractivity contribution in [2.75, 3.05) is 0 Å². The van der Waals surface area contributed by atoms with Crippen LogP contribution in [0.1, 0.15) is 120 Å². The normalized spacial score (nSPS) is 54.0. The summed E-state index contributed by atoms with van der Waals surface area (Å²) in [5.74, 6) is 5.95. The van der Waals surface area contributed by atoms with Gasteiger partial charge < -0.3 is 0 Å². The van der Waals surface area contributed by atoms with Crippen LogP contribution in [0.3, 0.4) is 0 Å². The van der Waals surface area contributed by atoms with Crippen LogP contribution in [0.2, 0.25) is 0 Å². The van der Waals surface area contributed by atoms with Gasteiger partial charge in [0.25, 0.3) is 0 Å². The molecule has 5 aliphatic carbocycles. The molecule has 0 spiro atoms. The zero-order chi connectivity index (χ0) is 24.9. The average molecular weight is 461 g/mol. The average Bonchev–Trinajstić information content (AvgIpc) is 2.74. The van der Waals surface area contributed by atoms with Crippen LogP contribution in [0.4, 0.5) is 0 Å². The molecule has 0 aromatic heterocycles. The summed E-state index contributed by atoms with van der Waals surface area (Å²) in [5.41, 5.74) is 5.38. The maximum absolute atomic E-state index is 5.86. The lowest BCUT2D eigenvalue weighted by atomic mass is 9.32. The van der Waals surface area contributed by atoms with Crippen molar-refractivity contribution in [1.82, 2.24) is 0 Å². The molecule has 0 nitrogen and oxygen atoms in total. The molecule has 0 bridgehead atoms. The third-order valence-electron chi connectivity index (χ3n) is 13.9. The van der Waals surface area contributed by atoms with E-state index in [9.17, 15) is 0 Å². The van der Waals surface area contributed by atoms with E-state index in [1.165, 1.54) is 63.4 Å². The highest BCUT2D eigenvalue weighted by Gasteiger charge is 2.68. The predicted octanol–water partition coefficient (Wildman–Crippen LogP) is 9.61. The van der Waals surface area contributed by atoms with Gasteiger partial charge in [-0.1, -0.05) is 79.2 Å². The first-order valence-corrected chi connectivity index (χ1v) is 14.5. The summed E-state index contributed by atoms with van der Waals surface area (Å²) in [4.78, 5) is 0. The summed E-state index contributed by atoms with van der Waals surface area (Å²) in [7, 11) is 0. The van der Waals surface area contributed by atoms with E-state index in [4.69, 9.17) is 13.0 Å². The molecule has 0 saturated heterocycles. The number of allylic oxidation sites excluding steroid dienone is 3. The summed E-state index contributed by atoms with van der Waals surface area (Å²) < 4.78 is 0.